The predicted molar refractivity (Wildman–Crippen MR) is 78.8 cm³/mol. The molecule has 0 saturated carbocycles. The van der Waals surface area contributed by atoms with Crippen molar-refractivity contribution < 1.29 is 0 Å². The number of imidazole rings is 2. The molecule has 0 radical (unpaired) electrons. The summed E-state index contributed by atoms with van der Waals surface area (Å²) in [5.74, 6) is 0.633. The van der Waals surface area contributed by atoms with E-state index in [1.54, 1.807) is 0 Å². The fourth-order valence-electron chi connectivity index (χ4n) is 2.16. The Morgan fingerprint density at radius 2 is 2.21 bits per heavy atom. The Balaban J connectivity index is 2.19. The summed E-state index contributed by atoms with van der Waals surface area (Å²) in [5, 5.41) is 0. The van der Waals surface area contributed by atoms with Crippen LogP contribution in [0.5, 0.6) is 0 Å². The molecule has 2 N–H and O–H groups in total. The lowest BCUT2D eigenvalue weighted by atomic mass is 10.3. The average Bonchev–Trinajstić information content (AvgIpc) is 2.96. The Morgan fingerprint density at radius 3 is 3.00 bits per heavy atom. The van der Waals surface area contributed by atoms with Gasteiger partial charge in [-0.25, -0.2) is 9.97 Å². The first-order valence-electron chi connectivity index (χ1n) is 6.14. The lowest BCUT2D eigenvalue weighted by molar-refractivity contribution is 0.683. The normalized spacial score (nSPS) is 11.3. The quantitative estimate of drug-likeness (QED) is 0.807. The van der Waals surface area contributed by atoms with E-state index >= 15 is 0 Å². The topological polar surface area (TPSA) is 61.1 Å². The maximum absolute atomic E-state index is 6.20. The first kappa shape index (κ1) is 12.2. The average molecular weight is 320 g/mol. The van der Waals surface area contributed by atoms with E-state index in [2.05, 4.69) is 37.4 Å². The summed E-state index contributed by atoms with van der Waals surface area (Å²) < 4.78 is 4.92. The van der Waals surface area contributed by atoms with Gasteiger partial charge in [-0.1, -0.05) is 6.92 Å². The molecule has 0 spiro atoms. The monoisotopic (exact) mass is 319 g/mol. The van der Waals surface area contributed by atoms with E-state index in [4.69, 9.17) is 5.73 Å². The molecular weight excluding hydrogens is 306 g/mol. The number of nitrogen functional groups attached to an aromatic ring is 1. The summed E-state index contributed by atoms with van der Waals surface area (Å²) in [6.45, 7) is 3.04. The maximum Gasteiger partial charge on any atom is 0.139 e. The lowest BCUT2D eigenvalue weighted by Crippen LogP contribution is -2.00. The molecular formula is C13H14BrN5. The van der Waals surface area contributed by atoms with E-state index in [0.717, 1.165) is 34.5 Å². The third kappa shape index (κ3) is 2.02. The minimum absolute atomic E-state index is 0.633. The van der Waals surface area contributed by atoms with Crippen LogP contribution in [-0.4, -0.2) is 18.9 Å². The largest absolute Gasteiger partial charge is 0.383 e. The molecule has 0 atom stereocenters. The number of pyridine rings is 1. The zero-order valence-corrected chi connectivity index (χ0v) is 12.1. The van der Waals surface area contributed by atoms with Crippen LogP contribution in [0.25, 0.3) is 17.0 Å². The number of rotatable bonds is 3. The van der Waals surface area contributed by atoms with Crippen molar-refractivity contribution in [2.24, 2.45) is 0 Å². The van der Waals surface area contributed by atoms with E-state index < -0.39 is 0 Å². The van der Waals surface area contributed by atoms with Crippen LogP contribution in [-0.2, 0) is 6.54 Å². The van der Waals surface area contributed by atoms with Crippen LogP contribution in [0.4, 0.5) is 5.82 Å². The van der Waals surface area contributed by atoms with Crippen LogP contribution in [0.2, 0.25) is 0 Å². The third-order valence-electron chi connectivity index (χ3n) is 3.04. The number of anilines is 1. The zero-order chi connectivity index (χ0) is 13.4. The van der Waals surface area contributed by atoms with E-state index in [1.807, 2.05) is 35.3 Å². The van der Waals surface area contributed by atoms with Gasteiger partial charge in [0.05, 0.1) is 18.2 Å². The first-order valence-corrected chi connectivity index (χ1v) is 6.93. The predicted octanol–water partition coefficient (Wildman–Crippen LogP) is 2.95. The molecule has 0 fully saturated rings. The minimum Gasteiger partial charge on any atom is -0.383 e. The van der Waals surface area contributed by atoms with Crippen molar-refractivity contribution in [3.8, 4) is 11.4 Å². The summed E-state index contributed by atoms with van der Waals surface area (Å²) in [4.78, 5) is 8.79. The van der Waals surface area contributed by atoms with Gasteiger partial charge in [0.2, 0.25) is 0 Å². The van der Waals surface area contributed by atoms with E-state index in [-0.39, 0.29) is 0 Å². The second kappa shape index (κ2) is 4.70. The highest BCUT2D eigenvalue weighted by Gasteiger charge is 2.14. The SMILES string of the molecule is CCCn1cncc1-c1nc2ccc(Br)cn2c1N. The van der Waals surface area contributed by atoms with Crippen LogP contribution >= 0.6 is 15.9 Å². The Kier molecular flexibility index (Phi) is 3.02. The Morgan fingerprint density at radius 1 is 1.37 bits per heavy atom. The molecule has 0 aliphatic carbocycles. The van der Waals surface area contributed by atoms with Gasteiger partial charge in [0, 0.05) is 17.2 Å². The number of halogens is 1. The molecule has 0 saturated heterocycles. The molecule has 0 aromatic carbocycles. The van der Waals surface area contributed by atoms with Crippen molar-refractivity contribution in [3.05, 3.63) is 35.3 Å². The van der Waals surface area contributed by atoms with Gasteiger partial charge >= 0.3 is 0 Å². The van der Waals surface area contributed by atoms with Crippen molar-refractivity contribution in [1.82, 2.24) is 18.9 Å². The van der Waals surface area contributed by atoms with Crippen LogP contribution < -0.4 is 5.73 Å². The third-order valence-corrected chi connectivity index (χ3v) is 3.51. The first-order chi connectivity index (χ1) is 9.20. The molecule has 0 bridgehead atoms. The van der Waals surface area contributed by atoms with Crippen molar-refractivity contribution in [1.29, 1.82) is 0 Å². The summed E-state index contributed by atoms with van der Waals surface area (Å²) in [7, 11) is 0. The van der Waals surface area contributed by atoms with Crippen LogP contribution in [0.15, 0.2) is 35.3 Å². The van der Waals surface area contributed by atoms with E-state index in [1.165, 1.54) is 0 Å². The van der Waals surface area contributed by atoms with E-state index in [0.29, 0.717) is 5.82 Å². The molecule has 19 heavy (non-hydrogen) atoms. The van der Waals surface area contributed by atoms with Crippen LogP contribution in [0.1, 0.15) is 13.3 Å². The fraction of sp³-hybridized carbons (Fsp3) is 0.231. The van der Waals surface area contributed by atoms with Crippen molar-refractivity contribution >= 4 is 27.4 Å². The molecule has 98 valence electrons. The van der Waals surface area contributed by atoms with E-state index in [9.17, 15) is 0 Å². The Labute approximate surface area is 119 Å². The van der Waals surface area contributed by atoms with Crippen molar-refractivity contribution in [3.63, 3.8) is 0 Å². The van der Waals surface area contributed by atoms with Gasteiger partial charge < -0.3 is 10.3 Å². The summed E-state index contributed by atoms with van der Waals surface area (Å²) in [6.07, 6.45) is 6.59. The standard InChI is InChI=1S/C13H14BrN5/c1-2-5-18-8-16-6-10(18)12-13(15)19-7-9(14)3-4-11(19)17-12/h3-4,6-8H,2,5,15H2,1H3. The lowest BCUT2D eigenvalue weighted by Gasteiger charge is -2.04. The summed E-state index contributed by atoms with van der Waals surface area (Å²) >= 11 is 3.44. The van der Waals surface area contributed by atoms with Gasteiger partial charge in [0.15, 0.2) is 0 Å². The van der Waals surface area contributed by atoms with Gasteiger partial charge in [-0.3, -0.25) is 4.40 Å². The number of aromatic nitrogens is 4. The van der Waals surface area contributed by atoms with Gasteiger partial charge in [-0.05, 0) is 34.5 Å². The zero-order valence-electron chi connectivity index (χ0n) is 10.5. The van der Waals surface area contributed by atoms with Gasteiger partial charge in [0.1, 0.15) is 17.2 Å². The molecule has 3 aromatic heterocycles. The highest BCUT2D eigenvalue weighted by Crippen LogP contribution is 2.27. The highest BCUT2D eigenvalue weighted by molar-refractivity contribution is 9.10. The molecule has 0 aliphatic heterocycles. The number of aryl methyl sites for hydroxylation is 1. The van der Waals surface area contributed by atoms with Gasteiger partial charge in [-0.2, -0.15) is 0 Å². The molecule has 3 heterocycles. The second-order valence-corrected chi connectivity index (χ2v) is 5.31. The molecule has 6 heteroatoms. The molecule has 3 aromatic rings. The Hall–Kier alpha value is -1.82. The maximum atomic E-state index is 6.20. The molecule has 0 unspecified atom stereocenters. The number of hydrogen-bond acceptors (Lipinski definition) is 3. The molecule has 0 aliphatic rings. The number of nitrogens with zero attached hydrogens (tertiary/aromatic N) is 4. The molecule has 5 nitrogen and oxygen atoms in total. The Bertz CT molecular complexity index is 728. The molecule has 0 amide bonds. The summed E-state index contributed by atoms with van der Waals surface area (Å²) in [5.41, 5.74) is 8.78. The number of nitrogens with two attached hydrogens (primary N) is 1. The van der Waals surface area contributed by atoms with Crippen molar-refractivity contribution in [2.75, 3.05) is 5.73 Å². The van der Waals surface area contributed by atoms with Gasteiger partial charge in [-0.15, -0.1) is 0 Å². The second-order valence-electron chi connectivity index (χ2n) is 4.39. The number of fused-ring (bicyclic) bond motifs is 1. The van der Waals surface area contributed by atoms with Crippen LogP contribution in [0, 0.1) is 0 Å². The minimum atomic E-state index is 0.633. The van der Waals surface area contributed by atoms with Crippen molar-refractivity contribution in [2.45, 2.75) is 19.9 Å². The highest BCUT2D eigenvalue weighted by atomic mass is 79.9. The summed E-state index contributed by atoms with van der Waals surface area (Å²) in [6, 6.07) is 3.89. The smallest absolute Gasteiger partial charge is 0.139 e. The number of hydrogen-bond donors (Lipinski definition) is 1. The van der Waals surface area contributed by atoms with Crippen LogP contribution in [0.3, 0.4) is 0 Å². The molecule has 3 rings (SSSR count). The fourth-order valence-corrected chi connectivity index (χ4v) is 2.50. The van der Waals surface area contributed by atoms with Gasteiger partial charge in [0.25, 0.3) is 0 Å².